The van der Waals surface area contributed by atoms with Gasteiger partial charge < -0.3 is 4.90 Å². The highest BCUT2D eigenvalue weighted by Gasteiger charge is 2.47. The summed E-state index contributed by atoms with van der Waals surface area (Å²) < 4.78 is 0. The lowest BCUT2D eigenvalue weighted by atomic mass is 9.99. The van der Waals surface area contributed by atoms with E-state index < -0.39 is 5.54 Å². The molecular weight excluding hydrogens is 256 g/mol. The Hall–Kier alpha value is -0.870. The predicted octanol–water partition coefficient (Wildman–Crippen LogP) is 3.46. The number of amides is 1. The Balaban J connectivity index is 2.26. The molecule has 1 aromatic rings. The van der Waals surface area contributed by atoms with Crippen LogP contribution in [-0.4, -0.2) is 22.9 Å². The number of hydrogen-bond donors (Lipinski definition) is 1. The molecule has 4 heteroatoms. The van der Waals surface area contributed by atoms with Crippen LogP contribution in [-0.2, 0) is 4.79 Å². The average Bonchev–Trinajstić information content (AvgIpc) is 2.92. The molecule has 0 aliphatic carbocycles. The minimum Gasteiger partial charge on any atom is -0.320 e. The van der Waals surface area contributed by atoms with Crippen LogP contribution in [0.1, 0.15) is 56.0 Å². The van der Waals surface area contributed by atoms with Crippen molar-refractivity contribution in [2.24, 2.45) is 0 Å². The van der Waals surface area contributed by atoms with Gasteiger partial charge in [-0.3, -0.25) is 10.1 Å². The number of aryl methyl sites for hydroxylation is 1. The predicted molar refractivity (Wildman–Crippen MR) is 80.2 cm³/mol. The molecule has 2 unspecified atom stereocenters. The summed E-state index contributed by atoms with van der Waals surface area (Å²) in [6.07, 6.45) is 3.06. The van der Waals surface area contributed by atoms with E-state index in [4.69, 9.17) is 0 Å². The second-order valence-corrected chi connectivity index (χ2v) is 6.85. The monoisotopic (exact) mass is 280 g/mol. The van der Waals surface area contributed by atoms with Crippen molar-refractivity contribution >= 4 is 17.2 Å². The second kappa shape index (κ2) is 5.63. The third kappa shape index (κ3) is 2.70. The van der Waals surface area contributed by atoms with Crippen molar-refractivity contribution in [2.75, 3.05) is 6.54 Å². The van der Waals surface area contributed by atoms with E-state index in [2.05, 4.69) is 38.2 Å². The number of carbonyl (C=O) groups is 1. The summed E-state index contributed by atoms with van der Waals surface area (Å²) in [7, 11) is 0. The molecule has 1 aliphatic rings. The Kier molecular flexibility index (Phi) is 4.31. The largest absolute Gasteiger partial charge is 0.320 e. The van der Waals surface area contributed by atoms with Crippen molar-refractivity contribution in [1.29, 1.82) is 0 Å². The van der Waals surface area contributed by atoms with Crippen LogP contribution in [0, 0.1) is 6.92 Å². The summed E-state index contributed by atoms with van der Waals surface area (Å²) in [4.78, 5) is 17.2. The normalized spacial score (nSPS) is 27.3. The molecule has 106 valence electrons. The number of carbonyl (C=O) groups excluding carboxylic acids is 1. The molecule has 1 aromatic heterocycles. The molecule has 0 aromatic carbocycles. The summed E-state index contributed by atoms with van der Waals surface area (Å²) in [6.45, 7) is 9.22. The maximum absolute atomic E-state index is 12.6. The first-order chi connectivity index (χ1) is 9.01. The molecule has 1 aliphatic heterocycles. The summed E-state index contributed by atoms with van der Waals surface area (Å²) in [5.74, 6) is 0.250. The van der Waals surface area contributed by atoms with Crippen LogP contribution < -0.4 is 5.32 Å². The van der Waals surface area contributed by atoms with E-state index in [9.17, 15) is 4.79 Å². The van der Waals surface area contributed by atoms with E-state index in [1.54, 1.807) is 11.3 Å². The van der Waals surface area contributed by atoms with Gasteiger partial charge in [-0.25, -0.2) is 0 Å². The van der Waals surface area contributed by atoms with E-state index in [1.165, 1.54) is 9.75 Å². The van der Waals surface area contributed by atoms with Gasteiger partial charge >= 0.3 is 0 Å². The third-order valence-corrected chi connectivity index (χ3v) is 5.04. The molecule has 0 spiro atoms. The quantitative estimate of drug-likeness (QED) is 0.896. The van der Waals surface area contributed by atoms with E-state index in [-0.39, 0.29) is 12.1 Å². The highest BCUT2D eigenvalue weighted by molar-refractivity contribution is 7.12. The Labute approximate surface area is 120 Å². The Bertz CT molecular complexity index is 457. The van der Waals surface area contributed by atoms with Crippen molar-refractivity contribution < 1.29 is 4.79 Å². The molecule has 0 radical (unpaired) electrons. The number of nitrogens with zero attached hydrogens (tertiary/aromatic N) is 1. The first kappa shape index (κ1) is 14.5. The van der Waals surface area contributed by atoms with Crippen molar-refractivity contribution in [3.8, 4) is 0 Å². The highest BCUT2D eigenvalue weighted by Crippen LogP contribution is 2.35. The molecule has 19 heavy (non-hydrogen) atoms. The van der Waals surface area contributed by atoms with E-state index in [0.29, 0.717) is 0 Å². The van der Waals surface area contributed by atoms with Gasteiger partial charge in [-0.05, 0) is 38.8 Å². The van der Waals surface area contributed by atoms with Gasteiger partial charge in [-0.2, -0.15) is 0 Å². The van der Waals surface area contributed by atoms with E-state index in [0.717, 1.165) is 25.8 Å². The molecule has 0 saturated carbocycles. The number of hydrogen-bond acceptors (Lipinski definition) is 3. The van der Waals surface area contributed by atoms with Crippen molar-refractivity contribution in [1.82, 2.24) is 10.2 Å². The lowest BCUT2D eigenvalue weighted by Gasteiger charge is -2.23. The van der Waals surface area contributed by atoms with E-state index >= 15 is 0 Å². The number of nitrogens with one attached hydrogen (secondary N) is 1. The van der Waals surface area contributed by atoms with Gasteiger partial charge in [0.1, 0.15) is 6.17 Å². The number of rotatable bonds is 5. The van der Waals surface area contributed by atoms with Gasteiger partial charge in [-0.15, -0.1) is 11.3 Å². The standard InChI is InChI=1S/C15H24N2OS/c1-5-7-10-17-13(12-9-8-11(3)19-12)16-15(4,6-2)14(17)18/h8-9,13,16H,5-7,10H2,1-4H3. The first-order valence-corrected chi connectivity index (χ1v) is 7.98. The maximum atomic E-state index is 12.6. The molecule has 1 N–H and O–H groups in total. The maximum Gasteiger partial charge on any atom is 0.244 e. The van der Waals surface area contributed by atoms with Crippen LogP contribution in [0.25, 0.3) is 0 Å². The summed E-state index contributed by atoms with van der Waals surface area (Å²) in [5.41, 5.74) is -0.406. The zero-order valence-corrected chi connectivity index (χ0v) is 13.1. The Morgan fingerprint density at radius 2 is 2.16 bits per heavy atom. The van der Waals surface area contributed by atoms with Gasteiger partial charge in [0.2, 0.25) is 5.91 Å². The minimum atomic E-state index is -0.406. The molecule has 2 heterocycles. The van der Waals surface area contributed by atoms with Gasteiger partial charge in [0.15, 0.2) is 0 Å². The fraction of sp³-hybridized carbons (Fsp3) is 0.667. The first-order valence-electron chi connectivity index (χ1n) is 7.17. The molecule has 1 fully saturated rings. The van der Waals surface area contributed by atoms with Crippen LogP contribution in [0.4, 0.5) is 0 Å². The Morgan fingerprint density at radius 3 is 2.68 bits per heavy atom. The van der Waals surface area contributed by atoms with Gasteiger partial charge in [0.05, 0.1) is 5.54 Å². The molecular formula is C15H24N2OS. The number of unbranched alkanes of at least 4 members (excludes halogenated alkanes) is 1. The summed E-state index contributed by atoms with van der Waals surface area (Å²) in [6, 6.07) is 4.27. The number of thiophene rings is 1. The Morgan fingerprint density at radius 1 is 1.42 bits per heavy atom. The molecule has 1 amide bonds. The molecule has 3 nitrogen and oxygen atoms in total. The average molecular weight is 280 g/mol. The zero-order chi connectivity index (χ0) is 14.0. The lowest BCUT2D eigenvalue weighted by Crippen LogP contribution is -2.43. The van der Waals surface area contributed by atoms with Crippen molar-refractivity contribution in [3.63, 3.8) is 0 Å². The van der Waals surface area contributed by atoms with Crippen molar-refractivity contribution in [3.05, 3.63) is 21.9 Å². The highest BCUT2D eigenvalue weighted by atomic mass is 32.1. The lowest BCUT2D eigenvalue weighted by molar-refractivity contribution is -0.133. The van der Waals surface area contributed by atoms with Gasteiger partial charge in [-0.1, -0.05) is 20.3 Å². The smallest absolute Gasteiger partial charge is 0.244 e. The minimum absolute atomic E-state index is 0.0581. The van der Waals surface area contributed by atoms with Crippen LogP contribution in [0.5, 0.6) is 0 Å². The van der Waals surface area contributed by atoms with Crippen LogP contribution >= 0.6 is 11.3 Å². The summed E-state index contributed by atoms with van der Waals surface area (Å²) >= 11 is 1.78. The molecule has 2 rings (SSSR count). The topological polar surface area (TPSA) is 32.3 Å². The SMILES string of the molecule is CCCCN1C(=O)C(C)(CC)NC1c1ccc(C)s1. The van der Waals surface area contributed by atoms with Crippen molar-refractivity contribution in [2.45, 2.75) is 58.7 Å². The second-order valence-electron chi connectivity index (χ2n) is 5.53. The molecule has 2 atom stereocenters. The molecule has 0 bridgehead atoms. The van der Waals surface area contributed by atoms with Crippen LogP contribution in [0.15, 0.2) is 12.1 Å². The zero-order valence-electron chi connectivity index (χ0n) is 12.3. The van der Waals surface area contributed by atoms with E-state index in [1.807, 2.05) is 11.8 Å². The fourth-order valence-corrected chi connectivity index (χ4v) is 3.45. The fourth-order valence-electron chi connectivity index (χ4n) is 2.51. The molecule has 1 saturated heterocycles. The van der Waals surface area contributed by atoms with Gasteiger partial charge in [0.25, 0.3) is 0 Å². The summed E-state index contributed by atoms with van der Waals surface area (Å²) in [5, 5.41) is 3.54. The van der Waals surface area contributed by atoms with Gasteiger partial charge in [0, 0.05) is 16.3 Å². The third-order valence-electron chi connectivity index (χ3n) is 3.99. The van der Waals surface area contributed by atoms with Crippen LogP contribution in [0.3, 0.4) is 0 Å². The van der Waals surface area contributed by atoms with Crippen LogP contribution in [0.2, 0.25) is 0 Å².